The summed E-state index contributed by atoms with van der Waals surface area (Å²) in [5, 5.41) is 7.25. The number of anilines is 3. The second-order valence-corrected chi connectivity index (χ2v) is 4.36. The molecule has 0 aliphatic carbocycles. The number of nitrogens with one attached hydrogen (secondary N) is 1. The van der Waals surface area contributed by atoms with E-state index in [2.05, 4.69) is 26.2 Å². The zero-order chi connectivity index (χ0) is 9.97. The van der Waals surface area contributed by atoms with Crippen molar-refractivity contribution < 1.29 is 0 Å². The fraction of sp³-hybridized carbons (Fsp3) is 0. The van der Waals surface area contributed by atoms with Crippen LogP contribution in [0.5, 0.6) is 0 Å². The van der Waals surface area contributed by atoms with E-state index in [1.165, 1.54) is 0 Å². The first kappa shape index (κ1) is 9.48. The molecule has 0 bridgehead atoms. The minimum Gasteiger partial charge on any atom is -0.396 e. The van der Waals surface area contributed by atoms with E-state index < -0.39 is 0 Å². The third-order valence-electron chi connectivity index (χ3n) is 1.72. The lowest BCUT2D eigenvalue weighted by Gasteiger charge is -2.08. The Balaban J connectivity index is 2.33. The topological polar surface area (TPSA) is 50.9 Å². The number of aromatic nitrogens is 1. The Hall–Kier alpha value is -1.07. The van der Waals surface area contributed by atoms with Crippen LogP contribution < -0.4 is 11.1 Å². The fourth-order valence-electron chi connectivity index (χ4n) is 1.06. The summed E-state index contributed by atoms with van der Waals surface area (Å²) in [7, 11) is 0. The standard InChI is InChI=1S/C9H8BrN3S/c10-7-3-12-4-8(11)9(7)13-6-1-2-14-5-6/h1-5H,11H2,(H,12,13). The van der Waals surface area contributed by atoms with Crippen molar-refractivity contribution in [3.05, 3.63) is 33.7 Å². The van der Waals surface area contributed by atoms with Crippen LogP contribution in [0.3, 0.4) is 0 Å². The van der Waals surface area contributed by atoms with Crippen LogP contribution in [0.4, 0.5) is 17.1 Å². The van der Waals surface area contributed by atoms with Gasteiger partial charge in [-0.05, 0) is 27.4 Å². The van der Waals surface area contributed by atoms with Gasteiger partial charge in [-0.25, -0.2) is 0 Å². The average molecular weight is 270 g/mol. The van der Waals surface area contributed by atoms with Gasteiger partial charge in [-0.15, -0.1) is 0 Å². The highest BCUT2D eigenvalue weighted by Gasteiger charge is 2.04. The van der Waals surface area contributed by atoms with E-state index in [1.54, 1.807) is 23.7 Å². The van der Waals surface area contributed by atoms with Crippen LogP contribution in [-0.4, -0.2) is 4.98 Å². The van der Waals surface area contributed by atoms with Crippen molar-refractivity contribution in [1.82, 2.24) is 4.98 Å². The molecule has 2 aromatic heterocycles. The maximum atomic E-state index is 5.79. The molecule has 3 N–H and O–H groups in total. The molecule has 5 heteroatoms. The van der Waals surface area contributed by atoms with E-state index in [-0.39, 0.29) is 0 Å². The first-order valence-electron chi connectivity index (χ1n) is 3.95. The summed E-state index contributed by atoms with van der Waals surface area (Å²) in [5.74, 6) is 0. The summed E-state index contributed by atoms with van der Waals surface area (Å²) >= 11 is 5.03. The van der Waals surface area contributed by atoms with Gasteiger partial charge in [0.25, 0.3) is 0 Å². The Labute approximate surface area is 94.1 Å². The Morgan fingerprint density at radius 2 is 2.29 bits per heavy atom. The molecule has 0 radical (unpaired) electrons. The lowest BCUT2D eigenvalue weighted by molar-refractivity contribution is 1.31. The molecular weight excluding hydrogens is 262 g/mol. The molecule has 0 aliphatic heterocycles. The summed E-state index contributed by atoms with van der Waals surface area (Å²) in [6.07, 6.45) is 3.34. The van der Waals surface area contributed by atoms with E-state index >= 15 is 0 Å². The van der Waals surface area contributed by atoms with E-state index in [9.17, 15) is 0 Å². The van der Waals surface area contributed by atoms with Gasteiger partial charge in [0.2, 0.25) is 0 Å². The number of nitrogen functional groups attached to an aromatic ring is 1. The molecule has 14 heavy (non-hydrogen) atoms. The number of pyridine rings is 1. The molecule has 0 spiro atoms. The second-order valence-electron chi connectivity index (χ2n) is 2.72. The normalized spacial score (nSPS) is 10.1. The SMILES string of the molecule is Nc1cncc(Br)c1Nc1ccsc1. The Morgan fingerprint density at radius 3 is 2.93 bits per heavy atom. The van der Waals surface area contributed by atoms with Crippen molar-refractivity contribution >= 4 is 44.3 Å². The van der Waals surface area contributed by atoms with Crippen molar-refractivity contribution in [2.45, 2.75) is 0 Å². The molecule has 0 saturated heterocycles. The summed E-state index contributed by atoms with van der Waals surface area (Å²) in [4.78, 5) is 3.96. The van der Waals surface area contributed by atoms with E-state index in [1.807, 2.05) is 16.8 Å². The highest BCUT2D eigenvalue weighted by atomic mass is 79.9. The third-order valence-corrected chi connectivity index (χ3v) is 3.00. The number of nitrogens with two attached hydrogens (primary N) is 1. The molecule has 0 saturated carbocycles. The molecule has 72 valence electrons. The van der Waals surface area contributed by atoms with Crippen LogP contribution in [0.25, 0.3) is 0 Å². The first-order valence-corrected chi connectivity index (χ1v) is 5.69. The predicted molar refractivity (Wildman–Crippen MR) is 64.0 cm³/mol. The Kier molecular flexibility index (Phi) is 2.69. The van der Waals surface area contributed by atoms with E-state index in [4.69, 9.17) is 5.73 Å². The van der Waals surface area contributed by atoms with Gasteiger partial charge >= 0.3 is 0 Å². The number of nitrogens with zero attached hydrogens (tertiary/aromatic N) is 1. The molecule has 3 nitrogen and oxygen atoms in total. The van der Waals surface area contributed by atoms with Crippen LogP contribution >= 0.6 is 27.3 Å². The van der Waals surface area contributed by atoms with Crippen molar-refractivity contribution in [1.29, 1.82) is 0 Å². The smallest absolute Gasteiger partial charge is 0.0794 e. The van der Waals surface area contributed by atoms with Crippen LogP contribution in [0.15, 0.2) is 33.7 Å². The van der Waals surface area contributed by atoms with Gasteiger partial charge in [0.1, 0.15) is 0 Å². The number of thiophene rings is 1. The lowest BCUT2D eigenvalue weighted by atomic mass is 10.3. The van der Waals surface area contributed by atoms with Gasteiger partial charge in [-0.1, -0.05) is 0 Å². The maximum absolute atomic E-state index is 5.79. The minimum atomic E-state index is 0.630. The van der Waals surface area contributed by atoms with Gasteiger partial charge in [-0.3, -0.25) is 4.98 Å². The predicted octanol–water partition coefficient (Wildman–Crippen LogP) is 3.23. The summed E-state index contributed by atoms with van der Waals surface area (Å²) in [5.41, 5.74) is 8.31. The number of hydrogen-bond acceptors (Lipinski definition) is 4. The highest BCUT2D eigenvalue weighted by Crippen LogP contribution is 2.30. The zero-order valence-corrected chi connectivity index (χ0v) is 9.60. The van der Waals surface area contributed by atoms with Crippen molar-refractivity contribution in [3.8, 4) is 0 Å². The zero-order valence-electron chi connectivity index (χ0n) is 7.20. The third kappa shape index (κ3) is 1.88. The molecule has 0 aliphatic rings. The van der Waals surface area contributed by atoms with Gasteiger partial charge in [0.15, 0.2) is 0 Å². The summed E-state index contributed by atoms with van der Waals surface area (Å²) in [6.45, 7) is 0. The summed E-state index contributed by atoms with van der Waals surface area (Å²) in [6, 6.07) is 2.00. The van der Waals surface area contributed by atoms with Gasteiger partial charge in [-0.2, -0.15) is 11.3 Å². The molecule has 2 rings (SSSR count). The first-order chi connectivity index (χ1) is 6.77. The van der Waals surface area contributed by atoms with Crippen molar-refractivity contribution in [3.63, 3.8) is 0 Å². The lowest BCUT2D eigenvalue weighted by Crippen LogP contribution is -1.97. The van der Waals surface area contributed by atoms with Gasteiger partial charge in [0, 0.05) is 17.3 Å². The Bertz CT molecular complexity index is 407. The van der Waals surface area contributed by atoms with Gasteiger partial charge in [0.05, 0.1) is 22.0 Å². The number of rotatable bonds is 2. The van der Waals surface area contributed by atoms with Gasteiger partial charge < -0.3 is 11.1 Å². The monoisotopic (exact) mass is 269 g/mol. The maximum Gasteiger partial charge on any atom is 0.0794 e. The Morgan fingerprint density at radius 1 is 1.43 bits per heavy atom. The average Bonchev–Trinajstić information content (AvgIpc) is 2.64. The second kappa shape index (κ2) is 3.98. The number of halogens is 1. The molecule has 0 fully saturated rings. The highest BCUT2D eigenvalue weighted by molar-refractivity contribution is 9.10. The molecule has 2 aromatic rings. The van der Waals surface area contributed by atoms with Crippen molar-refractivity contribution in [2.24, 2.45) is 0 Å². The molecule has 0 unspecified atom stereocenters. The largest absolute Gasteiger partial charge is 0.396 e. The van der Waals surface area contributed by atoms with E-state index in [0.29, 0.717) is 5.69 Å². The number of hydrogen-bond donors (Lipinski definition) is 2. The minimum absolute atomic E-state index is 0.630. The van der Waals surface area contributed by atoms with Crippen LogP contribution in [0.2, 0.25) is 0 Å². The van der Waals surface area contributed by atoms with Crippen LogP contribution in [0.1, 0.15) is 0 Å². The molecule has 0 atom stereocenters. The molecule has 0 aromatic carbocycles. The fourth-order valence-corrected chi connectivity index (χ4v) is 2.10. The molecule has 2 heterocycles. The van der Waals surface area contributed by atoms with Crippen LogP contribution in [-0.2, 0) is 0 Å². The quantitative estimate of drug-likeness (QED) is 0.880. The summed E-state index contributed by atoms with van der Waals surface area (Å²) < 4.78 is 0.865. The molecular formula is C9H8BrN3S. The molecule has 0 amide bonds. The van der Waals surface area contributed by atoms with Crippen LogP contribution in [0, 0.1) is 0 Å². The van der Waals surface area contributed by atoms with E-state index in [0.717, 1.165) is 15.8 Å². The van der Waals surface area contributed by atoms with Crippen molar-refractivity contribution in [2.75, 3.05) is 11.1 Å².